The maximum Gasteiger partial charge on any atom is 0.416 e. The van der Waals surface area contributed by atoms with Gasteiger partial charge in [0, 0.05) is 65.8 Å². The highest BCUT2D eigenvalue weighted by Crippen LogP contribution is 2.37. The highest BCUT2D eigenvalue weighted by Gasteiger charge is 2.37. The largest absolute Gasteiger partial charge is 0.416 e. The van der Waals surface area contributed by atoms with Crippen LogP contribution >= 0.6 is 23.2 Å². The number of hydrogen-bond donors (Lipinski definition) is 1. The summed E-state index contributed by atoms with van der Waals surface area (Å²) in [5, 5.41) is 2.07. The number of benzene rings is 3. The molecule has 1 aromatic heterocycles. The van der Waals surface area contributed by atoms with Gasteiger partial charge in [-0.3, -0.25) is 9.69 Å². The fourth-order valence-electron chi connectivity index (χ4n) is 5.26. The van der Waals surface area contributed by atoms with Gasteiger partial charge in [0.05, 0.1) is 11.1 Å². The first-order chi connectivity index (χ1) is 19.8. The molecule has 1 amide bonds. The summed E-state index contributed by atoms with van der Waals surface area (Å²) in [6.07, 6.45) is -9.15. The van der Waals surface area contributed by atoms with Crippen molar-refractivity contribution in [2.75, 3.05) is 26.2 Å². The molecule has 0 saturated carbocycles. The molecule has 0 unspecified atom stereocenters. The minimum atomic E-state index is -4.90. The van der Waals surface area contributed by atoms with Crippen LogP contribution in [-0.2, 0) is 30.1 Å². The molecule has 4 nitrogen and oxygen atoms in total. The minimum Gasteiger partial charge on any atom is -0.354 e. The van der Waals surface area contributed by atoms with Crippen LogP contribution in [-0.4, -0.2) is 46.9 Å². The number of aromatic nitrogens is 1. The zero-order chi connectivity index (χ0) is 30.2. The maximum atomic E-state index is 13.2. The zero-order valence-corrected chi connectivity index (χ0v) is 23.6. The molecule has 2 heterocycles. The van der Waals surface area contributed by atoms with E-state index < -0.39 is 23.5 Å². The predicted molar refractivity (Wildman–Crippen MR) is 150 cm³/mol. The van der Waals surface area contributed by atoms with Gasteiger partial charge in [0.1, 0.15) is 0 Å². The average Bonchev–Trinajstić information content (AvgIpc) is 3.29. The van der Waals surface area contributed by atoms with Crippen LogP contribution in [0.1, 0.15) is 28.7 Å². The molecule has 1 saturated heterocycles. The molecule has 0 radical (unpaired) electrons. The Bertz CT molecular complexity index is 1560. The van der Waals surface area contributed by atoms with Gasteiger partial charge in [-0.2, -0.15) is 26.3 Å². The summed E-state index contributed by atoms with van der Waals surface area (Å²) < 4.78 is 79.4. The van der Waals surface area contributed by atoms with Crippen LogP contribution in [0.25, 0.3) is 22.2 Å². The molecule has 0 spiro atoms. The van der Waals surface area contributed by atoms with Gasteiger partial charge in [-0.05, 0) is 71.6 Å². The van der Waals surface area contributed by atoms with Crippen molar-refractivity contribution in [1.82, 2.24) is 14.8 Å². The Balaban J connectivity index is 1.25. The lowest BCUT2D eigenvalue weighted by atomic mass is 10.0. The first kappa shape index (κ1) is 30.3. The molecular formula is C30H25Cl2F6N3O. The number of nitrogens with zero attached hydrogens (tertiary/aromatic N) is 2. The number of fused-ring (bicyclic) bond motifs is 1. The molecule has 1 aliphatic rings. The maximum absolute atomic E-state index is 13.2. The molecule has 42 heavy (non-hydrogen) atoms. The predicted octanol–water partition coefficient (Wildman–Crippen LogP) is 8.46. The van der Waals surface area contributed by atoms with E-state index in [1.54, 1.807) is 28.0 Å². The van der Waals surface area contributed by atoms with E-state index >= 15 is 0 Å². The first-order valence-electron chi connectivity index (χ1n) is 13.1. The quantitative estimate of drug-likeness (QED) is 0.218. The molecule has 222 valence electrons. The Kier molecular flexibility index (Phi) is 8.51. The Morgan fingerprint density at radius 1 is 0.786 bits per heavy atom. The highest BCUT2D eigenvalue weighted by molar-refractivity contribution is 6.31. The normalized spacial score (nSPS) is 15.0. The number of alkyl halides is 6. The highest BCUT2D eigenvalue weighted by atomic mass is 35.5. The Labute approximate surface area is 247 Å². The van der Waals surface area contributed by atoms with E-state index in [1.165, 1.54) is 0 Å². The third-order valence-electron chi connectivity index (χ3n) is 7.37. The Morgan fingerprint density at radius 3 is 1.98 bits per heavy atom. The summed E-state index contributed by atoms with van der Waals surface area (Å²) >= 11 is 12.3. The number of carbonyl (C=O) groups excluding carboxylic acids is 1. The van der Waals surface area contributed by atoms with Crippen LogP contribution < -0.4 is 0 Å². The van der Waals surface area contributed by atoms with E-state index in [4.69, 9.17) is 23.2 Å². The van der Waals surface area contributed by atoms with Gasteiger partial charge >= 0.3 is 12.4 Å². The van der Waals surface area contributed by atoms with Gasteiger partial charge in [0.2, 0.25) is 5.91 Å². The fourth-order valence-corrected chi connectivity index (χ4v) is 5.55. The van der Waals surface area contributed by atoms with E-state index in [1.807, 2.05) is 24.3 Å². The number of amides is 1. The summed E-state index contributed by atoms with van der Waals surface area (Å²) in [5.74, 6) is -0.0912. The number of halogens is 8. The van der Waals surface area contributed by atoms with E-state index in [2.05, 4.69) is 4.98 Å². The Hall–Kier alpha value is -3.21. The van der Waals surface area contributed by atoms with Crippen molar-refractivity contribution in [1.29, 1.82) is 0 Å². The standard InChI is InChI=1S/C30H25Cl2F6N3O/c31-22-3-1-19(2-4-22)28-24(25-16-23(32)5-7-26(25)39-28)6-8-27(42)41-11-9-40(10-12-41)17-18-13-20(29(33,34)35)15-21(14-18)30(36,37)38/h1-5,7,13-16,39H,6,8-12,17H2. The number of H-pyrrole nitrogens is 1. The van der Waals surface area contributed by atoms with Crippen LogP contribution in [0.4, 0.5) is 26.3 Å². The van der Waals surface area contributed by atoms with E-state index in [9.17, 15) is 31.1 Å². The van der Waals surface area contributed by atoms with E-state index in [0.29, 0.717) is 42.6 Å². The van der Waals surface area contributed by atoms with Crippen molar-refractivity contribution < 1.29 is 31.1 Å². The third kappa shape index (κ3) is 6.88. The summed E-state index contributed by atoms with van der Waals surface area (Å²) in [5.41, 5.74) is 0.836. The van der Waals surface area contributed by atoms with E-state index in [-0.39, 0.29) is 30.5 Å². The number of rotatable bonds is 6. The van der Waals surface area contributed by atoms with Gasteiger partial charge in [-0.1, -0.05) is 35.3 Å². The number of aryl methyl sites for hydroxylation is 1. The van der Waals surface area contributed by atoms with Crippen molar-refractivity contribution in [3.05, 3.63) is 93.0 Å². The molecule has 1 N–H and O–H groups in total. The molecular weight excluding hydrogens is 603 g/mol. The van der Waals surface area contributed by atoms with Crippen LogP contribution in [0.5, 0.6) is 0 Å². The summed E-state index contributed by atoms with van der Waals surface area (Å²) in [6.45, 7) is 1.18. The lowest BCUT2D eigenvalue weighted by Gasteiger charge is -2.35. The SMILES string of the molecule is O=C(CCc1c(-c2ccc(Cl)cc2)[nH]c2ccc(Cl)cc12)N1CCN(Cc2cc(C(F)(F)F)cc(C(F)(F)F)c2)CC1. The van der Waals surface area contributed by atoms with Crippen molar-refractivity contribution in [2.24, 2.45) is 0 Å². The van der Waals surface area contributed by atoms with Crippen molar-refractivity contribution in [3.63, 3.8) is 0 Å². The molecule has 0 aliphatic carbocycles. The molecule has 5 rings (SSSR count). The fraction of sp³-hybridized carbons (Fsp3) is 0.300. The van der Waals surface area contributed by atoms with Crippen LogP contribution in [0.3, 0.4) is 0 Å². The van der Waals surface area contributed by atoms with Crippen molar-refractivity contribution >= 4 is 40.0 Å². The molecule has 0 atom stereocenters. The van der Waals surface area contributed by atoms with Gasteiger partial charge < -0.3 is 9.88 Å². The molecule has 12 heteroatoms. The molecule has 1 aliphatic heterocycles. The smallest absolute Gasteiger partial charge is 0.354 e. The topological polar surface area (TPSA) is 39.3 Å². The molecule has 1 fully saturated rings. The summed E-state index contributed by atoms with van der Waals surface area (Å²) in [4.78, 5) is 20.0. The Morgan fingerprint density at radius 2 is 1.38 bits per heavy atom. The second-order valence-corrected chi connectivity index (χ2v) is 11.1. The lowest BCUT2D eigenvalue weighted by molar-refractivity contribution is -0.143. The van der Waals surface area contributed by atoms with Crippen LogP contribution in [0.15, 0.2) is 60.7 Å². The van der Waals surface area contributed by atoms with Crippen molar-refractivity contribution in [2.45, 2.75) is 31.7 Å². The lowest BCUT2D eigenvalue weighted by Crippen LogP contribution is -2.48. The van der Waals surface area contributed by atoms with Gasteiger partial charge in [-0.15, -0.1) is 0 Å². The number of hydrogen-bond acceptors (Lipinski definition) is 2. The summed E-state index contributed by atoms with van der Waals surface area (Å²) in [7, 11) is 0. The third-order valence-corrected chi connectivity index (χ3v) is 7.86. The second kappa shape index (κ2) is 11.8. The molecule has 4 aromatic rings. The number of carbonyl (C=O) groups is 1. The van der Waals surface area contributed by atoms with Crippen LogP contribution in [0, 0.1) is 0 Å². The monoisotopic (exact) mass is 627 g/mol. The van der Waals surface area contributed by atoms with Gasteiger partial charge in [-0.25, -0.2) is 0 Å². The van der Waals surface area contributed by atoms with E-state index in [0.717, 1.165) is 39.9 Å². The number of nitrogens with one attached hydrogen (secondary N) is 1. The molecule has 0 bridgehead atoms. The number of piperazine rings is 1. The summed E-state index contributed by atoms with van der Waals surface area (Å²) in [6, 6.07) is 14.5. The minimum absolute atomic E-state index is 0.0790. The molecule has 3 aromatic carbocycles. The van der Waals surface area contributed by atoms with Crippen molar-refractivity contribution in [3.8, 4) is 11.3 Å². The van der Waals surface area contributed by atoms with Gasteiger partial charge in [0.25, 0.3) is 0 Å². The van der Waals surface area contributed by atoms with Crippen LogP contribution in [0.2, 0.25) is 10.0 Å². The average molecular weight is 628 g/mol. The van der Waals surface area contributed by atoms with Gasteiger partial charge in [0.15, 0.2) is 0 Å². The first-order valence-corrected chi connectivity index (χ1v) is 13.9. The number of aromatic amines is 1. The zero-order valence-electron chi connectivity index (χ0n) is 22.0. The second-order valence-electron chi connectivity index (χ2n) is 10.2.